The van der Waals surface area contributed by atoms with Gasteiger partial charge in [0, 0.05) is 4.43 Å². The molecule has 0 aliphatic heterocycles. The third-order valence-corrected chi connectivity index (χ3v) is 6.34. The van der Waals surface area contributed by atoms with E-state index in [2.05, 4.69) is 75.5 Å². The minimum atomic E-state index is 0.876. The fraction of sp³-hybridized carbons (Fsp3) is 0.217. The van der Waals surface area contributed by atoms with Crippen molar-refractivity contribution in [2.45, 2.75) is 19.3 Å². The van der Waals surface area contributed by atoms with Crippen molar-refractivity contribution in [1.82, 2.24) is 0 Å². The summed E-state index contributed by atoms with van der Waals surface area (Å²) >= 11 is 2.54. The molecule has 126 valence electrons. The van der Waals surface area contributed by atoms with E-state index in [-0.39, 0.29) is 0 Å². The van der Waals surface area contributed by atoms with E-state index in [1.54, 1.807) is 23.7 Å². The number of furan rings is 1. The predicted octanol–water partition coefficient (Wildman–Crippen LogP) is 6.81. The van der Waals surface area contributed by atoms with Gasteiger partial charge in [-0.25, -0.2) is 0 Å². The van der Waals surface area contributed by atoms with Crippen molar-refractivity contribution in [3.8, 4) is 0 Å². The van der Waals surface area contributed by atoms with E-state index in [4.69, 9.17) is 0 Å². The van der Waals surface area contributed by atoms with Gasteiger partial charge in [-0.1, -0.05) is 71.1 Å². The second-order valence-corrected chi connectivity index (χ2v) is 7.52. The summed E-state index contributed by atoms with van der Waals surface area (Å²) < 4.78 is 5.87. The fourth-order valence-corrected chi connectivity index (χ4v) is 4.55. The van der Waals surface area contributed by atoms with E-state index < -0.39 is 0 Å². The molecule has 1 aliphatic carbocycles. The summed E-state index contributed by atoms with van der Waals surface area (Å²) in [6, 6.07) is 21.7. The van der Waals surface area contributed by atoms with Gasteiger partial charge in [0.2, 0.25) is 0 Å². The van der Waals surface area contributed by atoms with Gasteiger partial charge < -0.3 is 4.42 Å². The Hall–Kier alpha value is -1.81. The summed E-state index contributed by atoms with van der Waals surface area (Å²) in [6.07, 6.45) is 7.11. The number of halogens is 1. The summed E-state index contributed by atoms with van der Waals surface area (Å²) in [5, 5.41) is 5.65. The first-order chi connectivity index (χ1) is 12.4. The van der Waals surface area contributed by atoms with Crippen LogP contribution >= 0.6 is 22.6 Å². The number of benzene rings is 3. The van der Waals surface area contributed by atoms with Crippen LogP contribution in [0.15, 0.2) is 77.6 Å². The van der Waals surface area contributed by atoms with Gasteiger partial charge in [-0.3, -0.25) is 0 Å². The van der Waals surface area contributed by atoms with E-state index in [1.165, 1.54) is 45.2 Å². The molecule has 1 aliphatic rings. The Bertz CT molecular complexity index is 955. The van der Waals surface area contributed by atoms with E-state index in [9.17, 15) is 0 Å². The highest BCUT2D eigenvalue weighted by atomic mass is 127. The van der Waals surface area contributed by atoms with Gasteiger partial charge in [0.15, 0.2) is 0 Å². The normalized spacial score (nSPS) is 16.3. The first-order valence-corrected chi connectivity index (χ1v) is 10.3. The highest BCUT2D eigenvalue weighted by Crippen LogP contribution is 2.35. The molecule has 0 radical (unpaired) electrons. The van der Waals surface area contributed by atoms with Crippen LogP contribution in [-0.4, -0.2) is 4.43 Å². The van der Waals surface area contributed by atoms with Gasteiger partial charge in [0.25, 0.3) is 0 Å². The van der Waals surface area contributed by atoms with Crippen molar-refractivity contribution in [3.05, 3.63) is 84.3 Å². The molecule has 1 aromatic heterocycles. The lowest BCUT2D eigenvalue weighted by Gasteiger charge is -2.24. The molecule has 2 heteroatoms. The van der Waals surface area contributed by atoms with Crippen LogP contribution in [-0.2, 0) is 12.8 Å². The molecule has 25 heavy (non-hydrogen) atoms. The Balaban J connectivity index is 0.000000272. The molecule has 4 aromatic rings. The molecule has 0 bridgehead atoms. The largest absolute Gasteiger partial charge is 0.473 e. The Morgan fingerprint density at radius 3 is 2.40 bits per heavy atom. The minimum Gasteiger partial charge on any atom is -0.473 e. The molecular weight excluding hydrogens is 419 g/mol. The third-order valence-electron chi connectivity index (χ3n) is 5.09. The lowest BCUT2D eigenvalue weighted by atomic mass is 9.82. The van der Waals surface area contributed by atoms with Crippen molar-refractivity contribution in [3.63, 3.8) is 0 Å². The van der Waals surface area contributed by atoms with Gasteiger partial charge in [-0.05, 0) is 70.0 Å². The van der Waals surface area contributed by atoms with Gasteiger partial charge in [0.1, 0.15) is 0 Å². The monoisotopic (exact) mass is 440 g/mol. The molecule has 5 rings (SSSR count). The fourth-order valence-electron chi connectivity index (χ4n) is 3.80. The van der Waals surface area contributed by atoms with Crippen LogP contribution in [0.5, 0.6) is 0 Å². The van der Waals surface area contributed by atoms with Crippen LogP contribution in [0, 0.1) is 5.92 Å². The zero-order chi connectivity index (χ0) is 17.1. The second kappa shape index (κ2) is 7.61. The molecule has 0 saturated heterocycles. The van der Waals surface area contributed by atoms with Crippen molar-refractivity contribution in [2.24, 2.45) is 5.92 Å². The average Bonchev–Trinajstić information content (AvgIpc) is 3.27. The number of alkyl halides is 1. The Morgan fingerprint density at radius 1 is 0.840 bits per heavy atom. The standard InChI is InChI=1S/C19H17I.C4H4O/c20-12-13-5-8-17-15(11-13)7-10-18-16-4-2-1-3-14(16)6-9-19(17)18;1-2-4-5-3-1/h1-4,6-7,9-10,13H,5,8,11-12H2;1-4H. The molecule has 1 heterocycles. The SMILES string of the molecule is ICC1CCc2c(ccc3c2ccc2ccccc23)C1.c1ccoc1. The van der Waals surface area contributed by atoms with Crippen LogP contribution in [0.1, 0.15) is 17.5 Å². The maximum absolute atomic E-state index is 4.58. The summed E-state index contributed by atoms with van der Waals surface area (Å²) in [5.41, 5.74) is 3.19. The highest BCUT2D eigenvalue weighted by molar-refractivity contribution is 14.1. The van der Waals surface area contributed by atoms with E-state index in [0.29, 0.717) is 0 Å². The molecule has 0 amide bonds. The van der Waals surface area contributed by atoms with Crippen LogP contribution in [0.25, 0.3) is 21.5 Å². The maximum Gasteiger partial charge on any atom is 0.0902 e. The molecule has 1 atom stereocenters. The van der Waals surface area contributed by atoms with E-state index >= 15 is 0 Å². The molecule has 0 fully saturated rings. The van der Waals surface area contributed by atoms with Crippen molar-refractivity contribution in [2.75, 3.05) is 4.43 Å². The molecule has 3 aromatic carbocycles. The maximum atomic E-state index is 4.58. The lowest BCUT2D eigenvalue weighted by molar-refractivity contribution is 0.518. The summed E-state index contributed by atoms with van der Waals surface area (Å²) in [5.74, 6) is 0.876. The third kappa shape index (κ3) is 3.45. The number of aryl methyl sites for hydroxylation is 1. The summed E-state index contributed by atoms with van der Waals surface area (Å²) in [4.78, 5) is 0. The Morgan fingerprint density at radius 2 is 1.64 bits per heavy atom. The van der Waals surface area contributed by atoms with Gasteiger partial charge in [0.05, 0.1) is 12.5 Å². The number of hydrogen-bond donors (Lipinski definition) is 0. The predicted molar refractivity (Wildman–Crippen MR) is 115 cm³/mol. The van der Waals surface area contributed by atoms with E-state index in [1.807, 2.05) is 12.1 Å². The van der Waals surface area contributed by atoms with Crippen LogP contribution in [0.4, 0.5) is 0 Å². The van der Waals surface area contributed by atoms with Crippen LogP contribution in [0.2, 0.25) is 0 Å². The molecule has 1 unspecified atom stereocenters. The average molecular weight is 440 g/mol. The second-order valence-electron chi connectivity index (χ2n) is 6.64. The molecule has 1 nitrogen and oxygen atoms in total. The Labute approximate surface area is 162 Å². The molecular formula is C23H21IO. The molecule has 0 N–H and O–H groups in total. The summed E-state index contributed by atoms with van der Waals surface area (Å²) in [7, 11) is 0. The zero-order valence-corrected chi connectivity index (χ0v) is 16.3. The zero-order valence-electron chi connectivity index (χ0n) is 14.1. The minimum absolute atomic E-state index is 0.876. The Kier molecular flexibility index (Phi) is 5.07. The van der Waals surface area contributed by atoms with Crippen molar-refractivity contribution >= 4 is 44.1 Å². The van der Waals surface area contributed by atoms with Crippen molar-refractivity contribution in [1.29, 1.82) is 0 Å². The van der Waals surface area contributed by atoms with E-state index in [0.717, 1.165) is 5.92 Å². The number of rotatable bonds is 1. The quantitative estimate of drug-likeness (QED) is 0.180. The smallest absolute Gasteiger partial charge is 0.0902 e. The highest BCUT2D eigenvalue weighted by Gasteiger charge is 2.19. The topological polar surface area (TPSA) is 13.1 Å². The van der Waals surface area contributed by atoms with Crippen LogP contribution < -0.4 is 0 Å². The first kappa shape index (κ1) is 16.6. The molecule has 0 saturated carbocycles. The number of fused-ring (bicyclic) bond motifs is 5. The van der Waals surface area contributed by atoms with Crippen molar-refractivity contribution < 1.29 is 4.42 Å². The first-order valence-electron chi connectivity index (χ1n) is 8.82. The lowest BCUT2D eigenvalue weighted by Crippen LogP contribution is -2.15. The van der Waals surface area contributed by atoms with Gasteiger partial charge >= 0.3 is 0 Å². The van der Waals surface area contributed by atoms with Gasteiger partial charge in [-0.15, -0.1) is 0 Å². The summed E-state index contributed by atoms with van der Waals surface area (Å²) in [6.45, 7) is 0. The number of hydrogen-bond acceptors (Lipinski definition) is 1. The van der Waals surface area contributed by atoms with Gasteiger partial charge in [-0.2, -0.15) is 0 Å². The molecule has 0 spiro atoms. The van der Waals surface area contributed by atoms with Crippen LogP contribution in [0.3, 0.4) is 0 Å².